The Morgan fingerprint density at radius 3 is 2.93 bits per heavy atom. The van der Waals surface area contributed by atoms with Crippen LogP contribution in [0.5, 0.6) is 0 Å². The van der Waals surface area contributed by atoms with E-state index in [1.165, 1.54) is 38.5 Å². The van der Waals surface area contributed by atoms with Crippen molar-refractivity contribution in [2.45, 2.75) is 45.4 Å². The summed E-state index contributed by atoms with van der Waals surface area (Å²) in [4.78, 5) is 0. The summed E-state index contributed by atoms with van der Waals surface area (Å²) < 4.78 is 0. The van der Waals surface area contributed by atoms with Crippen LogP contribution in [0.3, 0.4) is 0 Å². The molecule has 2 rings (SSSR count). The molecule has 0 saturated heterocycles. The van der Waals surface area contributed by atoms with Gasteiger partial charge in [-0.15, -0.1) is 0 Å². The molecule has 1 saturated carbocycles. The quantitative estimate of drug-likeness (QED) is 0.670. The largest absolute Gasteiger partial charge is 0.396 e. The van der Waals surface area contributed by atoms with Crippen LogP contribution in [0.2, 0.25) is 0 Å². The van der Waals surface area contributed by atoms with Gasteiger partial charge in [-0.3, -0.25) is 0 Å². The highest BCUT2D eigenvalue weighted by molar-refractivity contribution is 5.05. The smallest absolute Gasteiger partial charge is 0.0462 e. The van der Waals surface area contributed by atoms with E-state index >= 15 is 0 Å². The second-order valence-corrected chi connectivity index (χ2v) is 5.13. The average molecular weight is 194 g/mol. The van der Waals surface area contributed by atoms with Gasteiger partial charge in [-0.25, -0.2) is 0 Å². The predicted molar refractivity (Wildman–Crippen MR) is 59.0 cm³/mol. The number of hydrogen-bond acceptors (Lipinski definition) is 1. The summed E-state index contributed by atoms with van der Waals surface area (Å²) in [7, 11) is 0. The van der Waals surface area contributed by atoms with E-state index < -0.39 is 0 Å². The standard InChI is InChI=1S/C13H22O/c1-10-4-2-5-11(8-10)13-7-3-6-12(13)9-14/h4,11-14H,2-3,5-9H2,1H3. The molecule has 2 aliphatic carbocycles. The minimum absolute atomic E-state index is 0.421. The van der Waals surface area contributed by atoms with Crippen LogP contribution in [0.15, 0.2) is 11.6 Å². The van der Waals surface area contributed by atoms with E-state index in [9.17, 15) is 5.11 Å². The first-order valence-corrected chi connectivity index (χ1v) is 6.07. The first-order valence-electron chi connectivity index (χ1n) is 6.07. The Bertz CT molecular complexity index is 219. The fourth-order valence-corrected chi connectivity index (χ4v) is 3.42. The van der Waals surface area contributed by atoms with Crippen molar-refractivity contribution in [3.63, 3.8) is 0 Å². The first kappa shape index (κ1) is 10.2. The highest BCUT2D eigenvalue weighted by Gasteiger charge is 2.33. The van der Waals surface area contributed by atoms with Crippen LogP contribution in [0.1, 0.15) is 45.4 Å². The predicted octanol–water partition coefficient (Wildman–Crippen LogP) is 3.14. The third-order valence-electron chi connectivity index (χ3n) is 4.17. The van der Waals surface area contributed by atoms with Crippen molar-refractivity contribution >= 4 is 0 Å². The highest BCUT2D eigenvalue weighted by Crippen LogP contribution is 2.42. The van der Waals surface area contributed by atoms with E-state index in [0.717, 1.165) is 11.8 Å². The Morgan fingerprint density at radius 1 is 1.36 bits per heavy atom. The van der Waals surface area contributed by atoms with Gasteiger partial charge < -0.3 is 5.11 Å². The van der Waals surface area contributed by atoms with E-state index in [1.807, 2.05) is 0 Å². The van der Waals surface area contributed by atoms with Gasteiger partial charge in [0.25, 0.3) is 0 Å². The van der Waals surface area contributed by atoms with E-state index in [0.29, 0.717) is 12.5 Å². The highest BCUT2D eigenvalue weighted by atomic mass is 16.3. The monoisotopic (exact) mass is 194 g/mol. The summed E-state index contributed by atoms with van der Waals surface area (Å²) >= 11 is 0. The molecule has 14 heavy (non-hydrogen) atoms. The van der Waals surface area contributed by atoms with Crippen molar-refractivity contribution in [3.8, 4) is 0 Å². The Morgan fingerprint density at radius 2 is 2.21 bits per heavy atom. The molecule has 0 amide bonds. The number of aliphatic hydroxyl groups is 1. The van der Waals surface area contributed by atoms with Gasteiger partial charge in [0.1, 0.15) is 0 Å². The molecule has 80 valence electrons. The lowest BCUT2D eigenvalue weighted by atomic mass is 9.76. The molecule has 1 N–H and O–H groups in total. The molecule has 0 radical (unpaired) electrons. The maximum Gasteiger partial charge on any atom is 0.0462 e. The average Bonchev–Trinajstić information content (AvgIpc) is 2.65. The molecule has 1 fully saturated rings. The topological polar surface area (TPSA) is 20.2 Å². The Balaban J connectivity index is 1.97. The molecule has 3 unspecified atom stereocenters. The molecule has 0 bridgehead atoms. The molecular weight excluding hydrogens is 172 g/mol. The van der Waals surface area contributed by atoms with Crippen LogP contribution in [0.4, 0.5) is 0 Å². The number of rotatable bonds is 2. The van der Waals surface area contributed by atoms with Crippen LogP contribution in [-0.4, -0.2) is 11.7 Å². The third-order valence-corrected chi connectivity index (χ3v) is 4.17. The van der Waals surface area contributed by atoms with E-state index in [4.69, 9.17) is 0 Å². The fraction of sp³-hybridized carbons (Fsp3) is 0.846. The zero-order chi connectivity index (χ0) is 9.97. The van der Waals surface area contributed by atoms with Gasteiger partial charge >= 0.3 is 0 Å². The minimum Gasteiger partial charge on any atom is -0.396 e. The Hall–Kier alpha value is -0.300. The van der Waals surface area contributed by atoms with Gasteiger partial charge in [-0.1, -0.05) is 18.1 Å². The van der Waals surface area contributed by atoms with Crippen LogP contribution >= 0.6 is 0 Å². The summed E-state index contributed by atoms with van der Waals surface area (Å²) in [5.74, 6) is 2.31. The molecule has 2 aliphatic rings. The summed E-state index contributed by atoms with van der Waals surface area (Å²) in [5, 5.41) is 9.32. The SMILES string of the molecule is CC1=CCCC(C2CCCC2CO)C1. The Kier molecular flexibility index (Phi) is 3.27. The summed E-state index contributed by atoms with van der Waals surface area (Å²) in [6.07, 6.45) is 10.3. The van der Waals surface area contributed by atoms with Crippen molar-refractivity contribution in [1.82, 2.24) is 0 Å². The molecule has 0 aromatic rings. The summed E-state index contributed by atoms with van der Waals surface area (Å²) in [5.41, 5.74) is 1.57. The Labute approximate surface area is 87.2 Å². The van der Waals surface area contributed by atoms with Crippen molar-refractivity contribution < 1.29 is 5.11 Å². The van der Waals surface area contributed by atoms with E-state index in [-0.39, 0.29) is 0 Å². The molecule has 0 aliphatic heterocycles. The first-order chi connectivity index (χ1) is 6.81. The third kappa shape index (κ3) is 2.03. The van der Waals surface area contributed by atoms with Gasteiger partial charge in [0.05, 0.1) is 0 Å². The van der Waals surface area contributed by atoms with Crippen LogP contribution in [0.25, 0.3) is 0 Å². The van der Waals surface area contributed by atoms with Crippen molar-refractivity contribution in [2.75, 3.05) is 6.61 Å². The van der Waals surface area contributed by atoms with Gasteiger partial charge in [-0.2, -0.15) is 0 Å². The van der Waals surface area contributed by atoms with Crippen LogP contribution < -0.4 is 0 Å². The van der Waals surface area contributed by atoms with Gasteiger partial charge in [0.2, 0.25) is 0 Å². The van der Waals surface area contributed by atoms with Crippen molar-refractivity contribution in [1.29, 1.82) is 0 Å². The lowest BCUT2D eigenvalue weighted by molar-refractivity contribution is 0.151. The van der Waals surface area contributed by atoms with E-state index in [1.54, 1.807) is 5.57 Å². The lowest BCUT2D eigenvalue weighted by Crippen LogP contribution is -2.23. The van der Waals surface area contributed by atoms with Crippen molar-refractivity contribution in [2.24, 2.45) is 17.8 Å². The molecule has 1 nitrogen and oxygen atoms in total. The number of aliphatic hydroxyl groups excluding tert-OH is 1. The minimum atomic E-state index is 0.421. The normalized spacial score (nSPS) is 38.4. The molecule has 0 aromatic carbocycles. The zero-order valence-corrected chi connectivity index (χ0v) is 9.21. The molecular formula is C13H22O. The fourth-order valence-electron chi connectivity index (χ4n) is 3.42. The van der Waals surface area contributed by atoms with Crippen LogP contribution in [0, 0.1) is 17.8 Å². The maximum absolute atomic E-state index is 9.32. The molecule has 0 heterocycles. The number of allylic oxidation sites excluding steroid dienone is 2. The second kappa shape index (κ2) is 4.48. The molecule has 0 aromatic heterocycles. The zero-order valence-electron chi connectivity index (χ0n) is 9.21. The van der Waals surface area contributed by atoms with Gasteiger partial charge in [-0.05, 0) is 56.8 Å². The second-order valence-electron chi connectivity index (χ2n) is 5.13. The molecule has 1 heteroatoms. The molecule has 3 atom stereocenters. The maximum atomic E-state index is 9.32. The van der Waals surface area contributed by atoms with Gasteiger partial charge in [0, 0.05) is 6.61 Å². The van der Waals surface area contributed by atoms with Crippen LogP contribution in [-0.2, 0) is 0 Å². The summed E-state index contributed by atoms with van der Waals surface area (Å²) in [6, 6.07) is 0. The lowest BCUT2D eigenvalue weighted by Gasteiger charge is -2.30. The van der Waals surface area contributed by atoms with Crippen molar-refractivity contribution in [3.05, 3.63) is 11.6 Å². The van der Waals surface area contributed by atoms with E-state index in [2.05, 4.69) is 13.0 Å². The summed E-state index contributed by atoms with van der Waals surface area (Å²) in [6.45, 7) is 2.68. The number of hydrogen-bond donors (Lipinski definition) is 1. The molecule has 0 spiro atoms. The van der Waals surface area contributed by atoms with Gasteiger partial charge in [0.15, 0.2) is 0 Å².